The Labute approximate surface area is 109 Å². The number of rotatable bonds is 6. The second-order valence-electron chi connectivity index (χ2n) is 3.96. The molecule has 0 saturated heterocycles. The second-order valence-corrected chi connectivity index (χ2v) is 3.96. The van der Waals surface area contributed by atoms with Crippen LogP contribution < -0.4 is 11.1 Å². The average molecular weight is 268 g/mol. The summed E-state index contributed by atoms with van der Waals surface area (Å²) in [6.07, 6.45) is 3.07. The number of nitrogens with two attached hydrogens (primary N) is 1. The van der Waals surface area contributed by atoms with E-state index in [1.165, 1.54) is 18.3 Å². The van der Waals surface area contributed by atoms with E-state index in [0.717, 1.165) is 0 Å². The Kier molecular flexibility index (Phi) is 4.86. The molecule has 6 N–H and O–H groups in total. The maximum Gasteiger partial charge on any atom is 0.326 e. The van der Waals surface area contributed by atoms with Crippen LogP contribution in [-0.2, 0) is 16.0 Å². The molecule has 0 bridgehead atoms. The molecule has 1 heterocycles. The minimum atomic E-state index is -1.15. The number of aliphatic carboxylic acids is 1. The van der Waals surface area contributed by atoms with Gasteiger partial charge in [0.15, 0.2) is 5.96 Å². The van der Waals surface area contributed by atoms with Gasteiger partial charge in [0, 0.05) is 19.7 Å². The smallest absolute Gasteiger partial charge is 0.326 e. The second kappa shape index (κ2) is 6.38. The summed E-state index contributed by atoms with van der Waals surface area (Å²) < 4.78 is 0. The molecule has 0 aromatic carbocycles. The van der Waals surface area contributed by atoms with Crippen LogP contribution in [0.15, 0.2) is 12.5 Å². The maximum atomic E-state index is 11.6. The first-order valence-electron chi connectivity index (χ1n) is 5.45. The molecule has 0 aliphatic rings. The summed E-state index contributed by atoms with van der Waals surface area (Å²) in [4.78, 5) is 30.5. The number of carboxylic acid groups (broad SMARTS) is 1. The molecule has 1 aromatic rings. The number of hydrogen-bond acceptors (Lipinski definition) is 4. The number of nitrogens with one attached hydrogen (secondary N) is 3. The molecule has 0 aliphatic heterocycles. The molecule has 0 fully saturated rings. The van der Waals surface area contributed by atoms with Gasteiger partial charge in [-0.2, -0.15) is 0 Å². The molecule has 1 amide bonds. The van der Waals surface area contributed by atoms with E-state index in [-0.39, 0.29) is 18.9 Å². The summed E-state index contributed by atoms with van der Waals surface area (Å²) >= 11 is 0. The predicted molar refractivity (Wildman–Crippen MR) is 66.4 cm³/mol. The fourth-order valence-electron chi connectivity index (χ4n) is 1.35. The van der Waals surface area contributed by atoms with Gasteiger partial charge in [0.05, 0.1) is 18.6 Å². The summed E-state index contributed by atoms with van der Waals surface area (Å²) in [5.74, 6) is -1.95. The Morgan fingerprint density at radius 3 is 2.84 bits per heavy atom. The molecular formula is C10H16N6O3. The Morgan fingerprint density at radius 2 is 2.37 bits per heavy atom. The molecule has 0 radical (unpaired) electrons. The first kappa shape index (κ1) is 14.5. The molecule has 0 aliphatic carbocycles. The molecule has 9 heteroatoms. The monoisotopic (exact) mass is 268 g/mol. The number of hydrogen-bond donors (Lipinski definition) is 5. The highest BCUT2D eigenvalue weighted by Crippen LogP contribution is 1.99. The van der Waals surface area contributed by atoms with E-state index in [2.05, 4.69) is 15.3 Å². The number of aromatic nitrogens is 2. The van der Waals surface area contributed by atoms with E-state index in [1.54, 1.807) is 6.20 Å². The number of H-pyrrole nitrogens is 1. The van der Waals surface area contributed by atoms with Gasteiger partial charge in [0.2, 0.25) is 5.91 Å². The van der Waals surface area contributed by atoms with Gasteiger partial charge in [-0.25, -0.2) is 9.78 Å². The lowest BCUT2D eigenvalue weighted by molar-refractivity contribution is -0.141. The van der Waals surface area contributed by atoms with Crippen LogP contribution in [0.25, 0.3) is 0 Å². The first-order chi connectivity index (χ1) is 8.90. The zero-order valence-electron chi connectivity index (χ0n) is 10.4. The Bertz CT molecular complexity index is 458. The molecule has 0 unspecified atom stereocenters. The molecule has 19 heavy (non-hydrogen) atoms. The van der Waals surface area contributed by atoms with Gasteiger partial charge in [0.25, 0.3) is 0 Å². The van der Waals surface area contributed by atoms with Crippen LogP contribution in [0.4, 0.5) is 0 Å². The van der Waals surface area contributed by atoms with Crippen molar-refractivity contribution in [1.29, 1.82) is 5.41 Å². The highest BCUT2D eigenvalue weighted by Gasteiger charge is 2.21. The number of likely N-dealkylation sites (N-methyl/N-ethyl adjacent to an activating group) is 1. The Hall–Kier alpha value is -2.58. The van der Waals surface area contributed by atoms with Crippen molar-refractivity contribution in [1.82, 2.24) is 20.2 Å². The minimum absolute atomic E-state index is 0.0777. The topological polar surface area (TPSA) is 148 Å². The van der Waals surface area contributed by atoms with Gasteiger partial charge in [-0.1, -0.05) is 0 Å². The predicted octanol–water partition coefficient (Wildman–Crippen LogP) is -1.65. The maximum absolute atomic E-state index is 11.6. The molecule has 104 valence electrons. The number of carbonyl (C=O) groups excluding carboxylic acids is 1. The number of imidazole rings is 1. The van der Waals surface area contributed by atoms with Gasteiger partial charge in [-0.15, -0.1) is 0 Å². The van der Waals surface area contributed by atoms with Gasteiger partial charge in [0.1, 0.15) is 6.04 Å². The van der Waals surface area contributed by atoms with Crippen LogP contribution in [0.5, 0.6) is 0 Å². The number of aromatic amines is 1. The lowest BCUT2D eigenvalue weighted by atomic mass is 10.1. The van der Waals surface area contributed by atoms with E-state index in [9.17, 15) is 9.59 Å². The molecule has 0 saturated carbocycles. The molecular weight excluding hydrogens is 252 g/mol. The summed E-state index contributed by atoms with van der Waals surface area (Å²) in [6.45, 7) is -0.181. The number of nitrogens with zero attached hydrogens (tertiary/aromatic N) is 2. The highest BCUT2D eigenvalue weighted by atomic mass is 16.4. The van der Waals surface area contributed by atoms with E-state index in [4.69, 9.17) is 16.2 Å². The summed E-state index contributed by atoms with van der Waals surface area (Å²) in [6, 6.07) is -1.07. The lowest BCUT2D eigenvalue weighted by Crippen LogP contribution is -2.48. The summed E-state index contributed by atoms with van der Waals surface area (Å²) in [5, 5.41) is 18.5. The SMILES string of the molecule is CN(CC(=O)N[C@@H](Cc1c[nH]cn1)C(=O)O)C(=N)N. The Balaban J connectivity index is 2.56. The molecule has 1 atom stereocenters. The van der Waals surface area contributed by atoms with Crippen LogP contribution >= 0.6 is 0 Å². The zero-order valence-corrected chi connectivity index (χ0v) is 10.4. The van der Waals surface area contributed by atoms with Crippen LogP contribution in [0.2, 0.25) is 0 Å². The lowest BCUT2D eigenvalue weighted by Gasteiger charge is -2.18. The van der Waals surface area contributed by atoms with E-state index in [1.807, 2.05) is 0 Å². The third-order valence-corrected chi connectivity index (χ3v) is 2.39. The quantitative estimate of drug-likeness (QED) is 0.308. The van der Waals surface area contributed by atoms with Crippen LogP contribution in [0.3, 0.4) is 0 Å². The van der Waals surface area contributed by atoms with Gasteiger partial charge < -0.3 is 26.0 Å². The van der Waals surface area contributed by atoms with Crippen molar-refractivity contribution >= 4 is 17.8 Å². The Morgan fingerprint density at radius 1 is 1.68 bits per heavy atom. The molecule has 0 spiro atoms. The summed E-state index contributed by atoms with van der Waals surface area (Å²) in [5.41, 5.74) is 5.72. The fourth-order valence-corrected chi connectivity index (χ4v) is 1.35. The highest BCUT2D eigenvalue weighted by molar-refractivity contribution is 5.87. The molecule has 9 nitrogen and oxygen atoms in total. The van der Waals surface area contributed by atoms with E-state index in [0.29, 0.717) is 5.69 Å². The van der Waals surface area contributed by atoms with Gasteiger partial charge >= 0.3 is 5.97 Å². The van der Waals surface area contributed by atoms with Crippen molar-refractivity contribution in [3.05, 3.63) is 18.2 Å². The third kappa shape index (κ3) is 4.66. The van der Waals surface area contributed by atoms with Crippen molar-refractivity contribution in [2.75, 3.05) is 13.6 Å². The number of carboxylic acids is 1. The number of carbonyl (C=O) groups is 2. The fraction of sp³-hybridized carbons (Fsp3) is 0.400. The van der Waals surface area contributed by atoms with Crippen molar-refractivity contribution in [3.63, 3.8) is 0 Å². The molecule has 1 aromatic heterocycles. The summed E-state index contributed by atoms with van der Waals surface area (Å²) in [7, 11) is 1.46. The van der Waals surface area contributed by atoms with Gasteiger partial charge in [-0.3, -0.25) is 10.2 Å². The van der Waals surface area contributed by atoms with Crippen molar-refractivity contribution in [3.8, 4) is 0 Å². The van der Waals surface area contributed by atoms with E-state index < -0.39 is 17.9 Å². The average Bonchev–Trinajstić information content (AvgIpc) is 2.80. The third-order valence-electron chi connectivity index (χ3n) is 2.39. The van der Waals surface area contributed by atoms with Crippen molar-refractivity contribution < 1.29 is 14.7 Å². The normalized spacial score (nSPS) is 11.6. The minimum Gasteiger partial charge on any atom is -0.480 e. The van der Waals surface area contributed by atoms with Crippen molar-refractivity contribution in [2.24, 2.45) is 5.73 Å². The van der Waals surface area contributed by atoms with E-state index >= 15 is 0 Å². The van der Waals surface area contributed by atoms with Gasteiger partial charge in [-0.05, 0) is 0 Å². The van der Waals surface area contributed by atoms with Crippen LogP contribution in [0, 0.1) is 5.41 Å². The van der Waals surface area contributed by atoms with Crippen LogP contribution in [0.1, 0.15) is 5.69 Å². The standard InChI is InChI=1S/C10H16N6O3/c1-16(10(11)12)4-8(17)15-7(9(18)19)2-6-3-13-5-14-6/h3,5,7H,2,4H2,1H3,(H3,11,12)(H,13,14)(H,15,17)(H,18,19)/t7-/m0/s1. The number of amides is 1. The number of guanidine groups is 1. The zero-order chi connectivity index (χ0) is 14.4. The molecule has 1 rings (SSSR count). The first-order valence-corrected chi connectivity index (χ1v) is 5.45. The largest absolute Gasteiger partial charge is 0.480 e. The van der Waals surface area contributed by atoms with Crippen molar-refractivity contribution in [2.45, 2.75) is 12.5 Å². The van der Waals surface area contributed by atoms with Crippen LogP contribution in [-0.4, -0.2) is 57.4 Å².